The van der Waals surface area contributed by atoms with E-state index in [1.54, 1.807) is 9.25 Å². The quantitative estimate of drug-likeness (QED) is 0.737. The van der Waals surface area contributed by atoms with E-state index in [-0.39, 0.29) is 12.3 Å². The monoisotopic (exact) mass is 297 g/mol. The van der Waals surface area contributed by atoms with Crippen molar-refractivity contribution in [1.82, 2.24) is 19.3 Å². The minimum absolute atomic E-state index is 0.0520. The van der Waals surface area contributed by atoms with Crippen molar-refractivity contribution in [3.63, 3.8) is 0 Å². The Hall–Kier alpha value is -2.03. The fraction of sp³-hybridized carbons (Fsp3) is 0.455. The summed E-state index contributed by atoms with van der Waals surface area (Å²) in [7, 11) is 0. The van der Waals surface area contributed by atoms with Crippen molar-refractivity contribution in [2.45, 2.75) is 32.1 Å². The molecule has 0 aliphatic carbocycles. The zero-order valence-corrected chi connectivity index (χ0v) is 12.0. The molecule has 2 aromatic rings. The Balaban J connectivity index is 2.55. The summed E-state index contributed by atoms with van der Waals surface area (Å²) >= 11 is 1.06. The lowest BCUT2D eigenvalue weighted by molar-refractivity contribution is -0.133. The van der Waals surface area contributed by atoms with Gasteiger partial charge in [-0.1, -0.05) is 11.8 Å². The van der Waals surface area contributed by atoms with Crippen LogP contribution < -0.4 is 5.73 Å². The van der Waals surface area contributed by atoms with E-state index in [0.717, 1.165) is 17.5 Å². The second kappa shape index (κ2) is 5.53. The molecular weight excluding hydrogens is 282 g/mol. The molecule has 20 heavy (non-hydrogen) atoms. The van der Waals surface area contributed by atoms with E-state index in [1.807, 2.05) is 13.8 Å². The Labute approximate surface area is 118 Å². The number of primary amides is 1. The number of amides is 1. The topological polar surface area (TPSA) is 116 Å². The normalized spacial score (nSPS) is 11.1. The lowest BCUT2D eigenvalue weighted by Gasteiger charge is -2.07. The third-order valence-electron chi connectivity index (χ3n) is 2.70. The highest BCUT2D eigenvalue weighted by molar-refractivity contribution is 7.99. The maximum Gasteiger partial charge on any atom is 0.313 e. The van der Waals surface area contributed by atoms with Gasteiger partial charge in [-0.3, -0.25) is 14.2 Å². The van der Waals surface area contributed by atoms with Gasteiger partial charge in [0.15, 0.2) is 10.8 Å². The lowest BCUT2D eigenvalue weighted by atomic mass is 10.4. The number of carboxylic acids is 1. The van der Waals surface area contributed by atoms with Crippen LogP contribution in [0.5, 0.6) is 0 Å². The van der Waals surface area contributed by atoms with Gasteiger partial charge in [0.05, 0.1) is 11.4 Å². The lowest BCUT2D eigenvalue weighted by Crippen LogP contribution is -2.20. The smallest absolute Gasteiger partial charge is 0.313 e. The first-order chi connectivity index (χ1) is 9.43. The van der Waals surface area contributed by atoms with Crippen LogP contribution in [0.25, 0.3) is 11.2 Å². The van der Waals surface area contributed by atoms with E-state index < -0.39 is 11.9 Å². The van der Waals surface area contributed by atoms with Gasteiger partial charge in [-0.25, -0.2) is 9.67 Å². The van der Waals surface area contributed by atoms with Crippen LogP contribution in [0, 0.1) is 6.92 Å². The molecule has 0 radical (unpaired) electrons. The minimum Gasteiger partial charge on any atom is -0.481 e. The number of aromatic nitrogens is 4. The maximum atomic E-state index is 11.2. The number of nitrogens with zero attached hydrogens (tertiary/aromatic N) is 4. The van der Waals surface area contributed by atoms with Gasteiger partial charge >= 0.3 is 5.97 Å². The third kappa shape index (κ3) is 2.62. The fourth-order valence-electron chi connectivity index (χ4n) is 1.96. The standard InChI is InChI=1S/C11H15N5O3S/c1-3-16-10-9(6(2)14-16)13-11(20-5-8(18)19)15(10)4-7(12)17/h3-5H2,1-2H3,(H2,12,17)(H,18,19). The average molecular weight is 297 g/mol. The molecule has 2 rings (SSSR count). The van der Waals surface area contributed by atoms with Crippen LogP contribution in [0.3, 0.4) is 0 Å². The first kappa shape index (κ1) is 14.4. The number of hydrogen-bond acceptors (Lipinski definition) is 5. The maximum absolute atomic E-state index is 11.2. The number of hydrogen-bond donors (Lipinski definition) is 2. The summed E-state index contributed by atoms with van der Waals surface area (Å²) in [4.78, 5) is 26.3. The predicted octanol–water partition coefficient (Wildman–Crippen LogP) is 0.223. The highest BCUT2D eigenvalue weighted by Gasteiger charge is 2.20. The molecule has 0 aliphatic heterocycles. The van der Waals surface area contributed by atoms with Crippen LogP contribution in [0.2, 0.25) is 0 Å². The second-order valence-corrected chi connectivity index (χ2v) is 5.15. The summed E-state index contributed by atoms with van der Waals surface area (Å²) in [5, 5.41) is 13.6. The van der Waals surface area contributed by atoms with Gasteiger partial charge in [0, 0.05) is 6.54 Å². The molecule has 0 fully saturated rings. The summed E-state index contributed by atoms with van der Waals surface area (Å²) in [6.45, 7) is 4.32. The van der Waals surface area contributed by atoms with Crippen molar-refractivity contribution in [1.29, 1.82) is 0 Å². The molecule has 8 nitrogen and oxygen atoms in total. The van der Waals surface area contributed by atoms with Gasteiger partial charge in [0.1, 0.15) is 12.1 Å². The molecule has 0 unspecified atom stereocenters. The van der Waals surface area contributed by atoms with Gasteiger partial charge in [0.2, 0.25) is 5.91 Å². The SMILES string of the molecule is CCn1nc(C)c2nc(SCC(=O)O)n(CC(N)=O)c21. The van der Waals surface area contributed by atoms with E-state index >= 15 is 0 Å². The average Bonchev–Trinajstić information content (AvgIpc) is 2.86. The molecule has 0 aromatic carbocycles. The Morgan fingerprint density at radius 3 is 2.70 bits per heavy atom. The highest BCUT2D eigenvalue weighted by atomic mass is 32.2. The van der Waals surface area contributed by atoms with Crippen molar-refractivity contribution in [2.75, 3.05) is 5.75 Å². The third-order valence-corrected chi connectivity index (χ3v) is 3.66. The summed E-state index contributed by atoms with van der Waals surface area (Å²) in [5.41, 5.74) is 7.35. The molecule has 0 saturated heterocycles. The number of thioether (sulfide) groups is 1. The first-order valence-electron chi connectivity index (χ1n) is 6.00. The van der Waals surface area contributed by atoms with Gasteiger partial charge in [-0.2, -0.15) is 5.10 Å². The van der Waals surface area contributed by atoms with Gasteiger partial charge in [-0.05, 0) is 13.8 Å². The molecule has 0 bridgehead atoms. The van der Waals surface area contributed by atoms with E-state index in [4.69, 9.17) is 10.8 Å². The number of carbonyl (C=O) groups is 2. The molecule has 0 saturated carbocycles. The van der Waals surface area contributed by atoms with Gasteiger partial charge in [-0.15, -0.1) is 0 Å². The number of carboxylic acid groups (broad SMARTS) is 1. The molecular formula is C11H15N5O3S. The van der Waals surface area contributed by atoms with Crippen LogP contribution in [0.15, 0.2) is 5.16 Å². The zero-order chi connectivity index (χ0) is 14.9. The van der Waals surface area contributed by atoms with E-state index in [1.165, 1.54) is 0 Å². The minimum atomic E-state index is -0.943. The summed E-state index contributed by atoms with van der Waals surface area (Å²) in [6.07, 6.45) is 0. The molecule has 3 N–H and O–H groups in total. The van der Waals surface area contributed by atoms with E-state index in [0.29, 0.717) is 22.9 Å². The van der Waals surface area contributed by atoms with Gasteiger partial charge in [0.25, 0.3) is 0 Å². The molecule has 0 aliphatic rings. The zero-order valence-electron chi connectivity index (χ0n) is 11.2. The summed E-state index contributed by atoms with van der Waals surface area (Å²) in [6, 6.07) is 0. The number of aliphatic carboxylic acids is 1. The summed E-state index contributed by atoms with van der Waals surface area (Å²) in [5.74, 6) is -1.58. The van der Waals surface area contributed by atoms with Crippen molar-refractivity contribution < 1.29 is 14.7 Å². The van der Waals surface area contributed by atoms with Crippen molar-refractivity contribution in [2.24, 2.45) is 5.73 Å². The first-order valence-corrected chi connectivity index (χ1v) is 6.99. The Morgan fingerprint density at radius 2 is 2.15 bits per heavy atom. The number of fused-ring (bicyclic) bond motifs is 1. The fourth-order valence-corrected chi connectivity index (χ4v) is 2.68. The molecule has 108 valence electrons. The molecule has 9 heteroatoms. The van der Waals surface area contributed by atoms with E-state index in [9.17, 15) is 9.59 Å². The van der Waals surface area contributed by atoms with Crippen molar-refractivity contribution >= 4 is 34.8 Å². The predicted molar refractivity (Wildman–Crippen MR) is 73.5 cm³/mol. The Bertz CT molecular complexity index is 675. The van der Waals surface area contributed by atoms with Gasteiger partial charge < -0.3 is 10.8 Å². The van der Waals surface area contributed by atoms with Crippen molar-refractivity contribution in [3.8, 4) is 0 Å². The molecule has 1 amide bonds. The van der Waals surface area contributed by atoms with Crippen molar-refractivity contribution in [3.05, 3.63) is 5.69 Å². The highest BCUT2D eigenvalue weighted by Crippen LogP contribution is 2.26. The molecule has 0 spiro atoms. The van der Waals surface area contributed by atoms with Crippen LogP contribution in [0.4, 0.5) is 0 Å². The van der Waals surface area contributed by atoms with E-state index in [2.05, 4.69) is 10.1 Å². The van der Waals surface area contributed by atoms with Crippen LogP contribution in [-0.4, -0.2) is 42.1 Å². The van der Waals surface area contributed by atoms with Crippen LogP contribution in [0.1, 0.15) is 12.6 Å². The van der Waals surface area contributed by atoms with Crippen LogP contribution >= 0.6 is 11.8 Å². The molecule has 2 aromatic heterocycles. The largest absolute Gasteiger partial charge is 0.481 e. The molecule has 2 heterocycles. The summed E-state index contributed by atoms with van der Waals surface area (Å²) < 4.78 is 3.35. The Kier molecular flexibility index (Phi) is 3.98. The number of aryl methyl sites for hydroxylation is 2. The number of imidazole rings is 1. The number of nitrogens with two attached hydrogens (primary N) is 1. The molecule has 0 atom stereocenters. The van der Waals surface area contributed by atoms with Crippen LogP contribution in [-0.2, 0) is 22.7 Å². The Morgan fingerprint density at radius 1 is 1.45 bits per heavy atom. The number of rotatable bonds is 6. The number of carbonyl (C=O) groups excluding carboxylic acids is 1. The second-order valence-electron chi connectivity index (χ2n) is 4.20.